The lowest BCUT2D eigenvalue weighted by atomic mass is 9.45. The highest BCUT2D eigenvalue weighted by atomic mass is 15.0. The summed E-state index contributed by atoms with van der Waals surface area (Å²) in [6.45, 7) is 35.2. The third-order valence-electron chi connectivity index (χ3n) is 17.2. The van der Waals surface area contributed by atoms with Gasteiger partial charge in [0.05, 0.1) is 11.0 Å². The van der Waals surface area contributed by atoms with E-state index in [1.54, 1.807) is 0 Å². The molecule has 9 aromatic carbocycles. The van der Waals surface area contributed by atoms with Crippen LogP contribution < -0.4 is 10.9 Å². The van der Waals surface area contributed by atoms with Crippen LogP contribution in [0.3, 0.4) is 0 Å². The fourth-order valence-corrected chi connectivity index (χ4v) is 12.8. The van der Waals surface area contributed by atoms with Gasteiger partial charge in [-0.15, -0.1) is 0 Å². The Bertz CT molecular complexity index is 4180. The van der Waals surface area contributed by atoms with E-state index >= 15 is 0 Å². The van der Waals surface area contributed by atoms with Gasteiger partial charge in [0.1, 0.15) is 0 Å². The number of benzene rings is 9. The van der Waals surface area contributed by atoms with Crippen LogP contribution in [0.25, 0.3) is 105 Å². The van der Waals surface area contributed by atoms with Crippen molar-refractivity contribution in [2.75, 3.05) is 0 Å². The van der Waals surface area contributed by atoms with E-state index in [4.69, 9.17) is 0 Å². The Hall–Kier alpha value is -7.10. The molecule has 0 radical (unpaired) electrons. The Morgan fingerprint density at radius 3 is 1.52 bits per heavy atom. The van der Waals surface area contributed by atoms with Crippen molar-refractivity contribution in [3.63, 3.8) is 0 Å². The molecule has 3 heteroatoms. The van der Waals surface area contributed by atoms with Crippen LogP contribution in [-0.4, -0.2) is 15.9 Å². The number of hydrogen-bond donors (Lipinski definition) is 0. The van der Waals surface area contributed by atoms with Gasteiger partial charge in [0.15, 0.2) is 0 Å². The van der Waals surface area contributed by atoms with Gasteiger partial charge < -0.3 is 9.05 Å². The van der Waals surface area contributed by atoms with Gasteiger partial charge in [-0.25, -0.2) is 0 Å². The van der Waals surface area contributed by atoms with Crippen molar-refractivity contribution < 1.29 is 0 Å². The minimum atomic E-state index is -0.100. The second-order valence-corrected chi connectivity index (χ2v) is 27.5. The van der Waals surface area contributed by atoms with Gasteiger partial charge >= 0.3 is 6.85 Å². The quantitative estimate of drug-likeness (QED) is 0.156. The van der Waals surface area contributed by atoms with Gasteiger partial charge in [0.25, 0.3) is 0 Å². The van der Waals surface area contributed by atoms with E-state index in [1.165, 1.54) is 143 Å². The molecular weight excluding hydrogens is 904 g/mol. The van der Waals surface area contributed by atoms with Crippen LogP contribution in [0.1, 0.15) is 132 Å². The van der Waals surface area contributed by atoms with Crippen LogP contribution in [0.2, 0.25) is 0 Å². The average Bonchev–Trinajstić information content (AvgIpc) is 4.01. The summed E-state index contributed by atoms with van der Waals surface area (Å²) in [6, 6.07) is 62.4. The first-order valence-electron chi connectivity index (χ1n) is 27.5. The largest absolute Gasteiger partial charge is 0.375 e. The van der Waals surface area contributed by atoms with Gasteiger partial charge in [-0.05, 0) is 164 Å². The van der Waals surface area contributed by atoms with E-state index in [0.29, 0.717) is 0 Å². The summed E-state index contributed by atoms with van der Waals surface area (Å²) in [5.41, 5.74) is 26.0. The minimum absolute atomic E-state index is 0.0119. The SMILES string of the molecule is CC(C)(C)c1ccc(-c2cc3c4c(c2)c2c5ccccc5c(-c5ccccc5)cc2n4-c2cc(-c4cc(C(C)(C)C)cc(C(C)(C)C)c4)cc4c2B3n2c3ccc(C(C)(C)C)cc3c3cc(C(C)(C)C)cc-4c32)cc1. The number of fused-ring (bicyclic) bond motifs is 12. The maximum atomic E-state index is 2.78. The first-order chi connectivity index (χ1) is 35.3. The summed E-state index contributed by atoms with van der Waals surface area (Å²) >= 11 is 0. The van der Waals surface area contributed by atoms with Gasteiger partial charge in [-0.2, -0.15) is 0 Å². The van der Waals surface area contributed by atoms with E-state index in [9.17, 15) is 0 Å². The van der Waals surface area contributed by atoms with Crippen molar-refractivity contribution in [1.29, 1.82) is 0 Å². The number of rotatable bonds is 3. The topological polar surface area (TPSA) is 9.86 Å². The minimum Gasteiger partial charge on any atom is -0.375 e. The van der Waals surface area contributed by atoms with Crippen molar-refractivity contribution in [3.8, 4) is 50.2 Å². The van der Waals surface area contributed by atoms with E-state index in [2.05, 4.69) is 271 Å². The zero-order chi connectivity index (χ0) is 52.6. The molecule has 0 fully saturated rings. The highest BCUT2D eigenvalue weighted by molar-refractivity contribution is 6.90. The van der Waals surface area contributed by atoms with Crippen LogP contribution in [0.15, 0.2) is 158 Å². The summed E-state index contributed by atoms with van der Waals surface area (Å²) in [5.74, 6) is 0. The van der Waals surface area contributed by atoms with Crippen LogP contribution in [0, 0.1) is 0 Å². The predicted molar refractivity (Wildman–Crippen MR) is 327 cm³/mol. The van der Waals surface area contributed by atoms with Crippen molar-refractivity contribution in [2.45, 2.75) is 131 Å². The molecule has 2 aliphatic rings. The fourth-order valence-electron chi connectivity index (χ4n) is 12.8. The molecule has 0 unspecified atom stereocenters. The molecule has 0 saturated heterocycles. The van der Waals surface area contributed by atoms with Crippen LogP contribution in [0.5, 0.6) is 0 Å². The fraction of sp³-hybridized carbons (Fsp3) is 0.278. The summed E-state index contributed by atoms with van der Waals surface area (Å²) in [5, 5.41) is 7.84. The lowest BCUT2D eigenvalue weighted by Crippen LogP contribution is -2.55. The summed E-state index contributed by atoms with van der Waals surface area (Å²) < 4.78 is 5.49. The highest BCUT2D eigenvalue weighted by Gasteiger charge is 2.43. The number of aromatic nitrogens is 2. The lowest BCUT2D eigenvalue weighted by molar-refractivity contribution is 0.569. The Morgan fingerprint density at radius 1 is 0.320 bits per heavy atom. The summed E-state index contributed by atoms with van der Waals surface area (Å²) in [4.78, 5) is 0. The maximum Gasteiger partial charge on any atom is 0.333 e. The van der Waals surface area contributed by atoms with Crippen LogP contribution in [-0.2, 0) is 27.1 Å². The van der Waals surface area contributed by atoms with Gasteiger partial charge in [0, 0.05) is 43.8 Å². The van der Waals surface area contributed by atoms with Crippen molar-refractivity contribution in [1.82, 2.24) is 9.05 Å². The number of nitrogens with zero attached hydrogens (tertiary/aromatic N) is 2. The summed E-state index contributed by atoms with van der Waals surface area (Å²) in [7, 11) is 0. The van der Waals surface area contributed by atoms with Crippen LogP contribution >= 0.6 is 0 Å². The number of hydrogen-bond acceptors (Lipinski definition) is 0. The molecular formula is C72H71BN2. The molecule has 0 spiro atoms. The highest BCUT2D eigenvalue weighted by Crippen LogP contribution is 2.50. The van der Waals surface area contributed by atoms with Crippen LogP contribution in [0.4, 0.5) is 0 Å². The third kappa shape index (κ3) is 7.27. The average molecular weight is 975 g/mol. The van der Waals surface area contributed by atoms with Gasteiger partial charge in [-0.3, -0.25) is 0 Å². The first kappa shape index (κ1) is 47.6. The molecule has 0 N–H and O–H groups in total. The van der Waals surface area contributed by atoms with Crippen molar-refractivity contribution in [3.05, 3.63) is 186 Å². The molecule has 0 atom stereocenters. The molecule has 75 heavy (non-hydrogen) atoms. The first-order valence-corrected chi connectivity index (χ1v) is 27.5. The molecule has 0 bridgehead atoms. The molecule has 2 aromatic heterocycles. The zero-order valence-electron chi connectivity index (χ0n) is 47.0. The Morgan fingerprint density at radius 2 is 0.880 bits per heavy atom. The zero-order valence-corrected chi connectivity index (χ0v) is 47.0. The van der Waals surface area contributed by atoms with E-state index in [1.807, 2.05) is 0 Å². The smallest absolute Gasteiger partial charge is 0.333 e. The van der Waals surface area contributed by atoms with Crippen molar-refractivity contribution >= 4 is 72.2 Å². The molecule has 0 amide bonds. The summed E-state index contributed by atoms with van der Waals surface area (Å²) in [6.07, 6.45) is 0. The Kier molecular flexibility index (Phi) is 9.99. The van der Waals surface area contributed by atoms with E-state index in [-0.39, 0.29) is 33.9 Å². The molecule has 0 aliphatic carbocycles. The second-order valence-electron chi connectivity index (χ2n) is 27.5. The maximum absolute atomic E-state index is 2.78. The third-order valence-corrected chi connectivity index (χ3v) is 17.2. The lowest BCUT2D eigenvalue weighted by Gasteiger charge is -2.35. The Labute approximate surface area is 445 Å². The molecule has 13 rings (SSSR count). The van der Waals surface area contributed by atoms with Gasteiger partial charge in [-0.1, -0.05) is 213 Å². The molecule has 4 heterocycles. The van der Waals surface area contributed by atoms with Crippen molar-refractivity contribution in [2.24, 2.45) is 0 Å². The van der Waals surface area contributed by atoms with E-state index < -0.39 is 0 Å². The predicted octanol–water partition coefficient (Wildman–Crippen LogP) is 18.5. The molecule has 372 valence electrons. The molecule has 2 aliphatic heterocycles. The van der Waals surface area contributed by atoms with E-state index in [0.717, 1.165) is 0 Å². The second kappa shape index (κ2) is 15.7. The van der Waals surface area contributed by atoms with Gasteiger partial charge in [0.2, 0.25) is 0 Å². The molecule has 2 nitrogen and oxygen atoms in total. The Balaban J connectivity index is 1.26. The molecule has 11 aromatic rings. The normalized spacial score (nSPS) is 13.8. The standard InChI is InChI=1S/C72H71BN2/c1-68(2,3)47-27-25-42(26-28-47)45-34-59-64-53-24-20-19-23-52(53)54(43-21-17-16-18-22-43)41-62(64)74-63-36-46(44-31-49(70(7,8)9)37-50(32-44)71(10,11)12)33-56-58-40-51(72(13,14)15)39-57-55-38-48(69(4,5)6)29-30-61(55)75(66(57)58)73(65(56)63)60(35-45)67(59)74/h16-41H,1-15H3. The molecule has 0 saturated carbocycles. The monoisotopic (exact) mass is 975 g/mol.